The van der Waals surface area contributed by atoms with Crippen LogP contribution in [0.15, 0.2) is 58.5 Å². The van der Waals surface area contributed by atoms with Crippen molar-refractivity contribution in [3.05, 3.63) is 70.0 Å². The molecule has 146 valence electrons. The fourth-order valence-corrected chi connectivity index (χ4v) is 3.91. The molecule has 6 heteroatoms. The number of fused-ring (bicyclic) bond motifs is 1. The molecule has 0 bridgehead atoms. The standard InChI is InChI=1S/C22H25N3O2S/c1-4-16(3)25-21(27)18-11-7-8-12-19(18)24-22(25)28-14-20(26)23-13-17-10-6-5-9-15(17)2/h5-12,16H,4,13-14H2,1-3H3,(H,23,26)/t16-/m1/s1. The summed E-state index contributed by atoms with van der Waals surface area (Å²) in [5, 5.41) is 4.14. The van der Waals surface area contributed by atoms with Crippen LogP contribution in [0.2, 0.25) is 0 Å². The third kappa shape index (κ3) is 4.44. The first-order valence-corrected chi connectivity index (χ1v) is 10.4. The molecule has 0 unspecified atom stereocenters. The maximum atomic E-state index is 13.0. The van der Waals surface area contributed by atoms with Gasteiger partial charge >= 0.3 is 0 Å². The van der Waals surface area contributed by atoms with Gasteiger partial charge in [0.1, 0.15) is 0 Å². The number of aromatic nitrogens is 2. The molecule has 1 N–H and O–H groups in total. The number of carbonyl (C=O) groups excluding carboxylic acids is 1. The van der Waals surface area contributed by atoms with E-state index in [1.165, 1.54) is 11.8 Å². The highest BCUT2D eigenvalue weighted by Gasteiger charge is 2.16. The van der Waals surface area contributed by atoms with Gasteiger partial charge in [-0.25, -0.2) is 4.98 Å². The Morgan fingerprint density at radius 1 is 1.18 bits per heavy atom. The fourth-order valence-electron chi connectivity index (χ4n) is 2.98. The Morgan fingerprint density at radius 2 is 1.89 bits per heavy atom. The fraction of sp³-hybridized carbons (Fsp3) is 0.318. The van der Waals surface area contributed by atoms with E-state index in [4.69, 9.17) is 0 Å². The van der Waals surface area contributed by atoms with Crippen LogP contribution in [0, 0.1) is 6.92 Å². The molecule has 1 atom stereocenters. The molecular weight excluding hydrogens is 370 g/mol. The van der Waals surface area contributed by atoms with Crippen LogP contribution in [-0.4, -0.2) is 21.2 Å². The second-order valence-electron chi connectivity index (χ2n) is 6.84. The highest BCUT2D eigenvalue weighted by molar-refractivity contribution is 7.99. The summed E-state index contributed by atoms with van der Waals surface area (Å²) in [6.45, 7) is 6.56. The summed E-state index contributed by atoms with van der Waals surface area (Å²) >= 11 is 1.31. The zero-order valence-corrected chi connectivity index (χ0v) is 17.3. The zero-order chi connectivity index (χ0) is 20.1. The van der Waals surface area contributed by atoms with Crippen molar-refractivity contribution >= 4 is 28.6 Å². The number of para-hydroxylation sites is 1. The number of hydrogen-bond donors (Lipinski definition) is 1. The molecule has 0 fully saturated rings. The first-order chi connectivity index (χ1) is 13.5. The van der Waals surface area contributed by atoms with E-state index in [-0.39, 0.29) is 23.3 Å². The summed E-state index contributed by atoms with van der Waals surface area (Å²) in [5.74, 6) is 0.138. The van der Waals surface area contributed by atoms with Gasteiger partial charge in [-0.15, -0.1) is 0 Å². The lowest BCUT2D eigenvalue weighted by atomic mass is 10.1. The SMILES string of the molecule is CC[C@@H](C)n1c(SCC(=O)NCc2ccccc2C)nc2ccccc2c1=O. The number of nitrogens with one attached hydrogen (secondary N) is 1. The van der Waals surface area contributed by atoms with Crippen molar-refractivity contribution in [1.29, 1.82) is 0 Å². The molecule has 5 nitrogen and oxygen atoms in total. The Bertz CT molecular complexity index is 1050. The molecule has 3 rings (SSSR count). The van der Waals surface area contributed by atoms with Gasteiger partial charge in [-0.2, -0.15) is 0 Å². The molecule has 3 aromatic rings. The van der Waals surface area contributed by atoms with Crippen LogP contribution in [0.1, 0.15) is 37.4 Å². The van der Waals surface area contributed by atoms with E-state index in [2.05, 4.69) is 10.3 Å². The van der Waals surface area contributed by atoms with Crippen LogP contribution < -0.4 is 10.9 Å². The lowest BCUT2D eigenvalue weighted by molar-refractivity contribution is -0.118. The van der Waals surface area contributed by atoms with Gasteiger partial charge in [0.2, 0.25) is 5.91 Å². The molecule has 0 radical (unpaired) electrons. The Morgan fingerprint density at radius 3 is 2.64 bits per heavy atom. The number of aryl methyl sites for hydroxylation is 1. The Kier molecular flexibility index (Phi) is 6.52. The van der Waals surface area contributed by atoms with Crippen LogP contribution in [0.25, 0.3) is 10.9 Å². The smallest absolute Gasteiger partial charge is 0.262 e. The molecule has 0 spiro atoms. The first kappa shape index (κ1) is 20.1. The van der Waals surface area contributed by atoms with E-state index in [1.807, 2.05) is 63.2 Å². The van der Waals surface area contributed by atoms with Gasteiger partial charge in [0, 0.05) is 12.6 Å². The normalized spacial score (nSPS) is 12.1. The second kappa shape index (κ2) is 9.06. The molecule has 0 saturated heterocycles. The number of benzene rings is 2. The molecule has 1 aromatic heterocycles. The molecule has 0 aliphatic carbocycles. The number of carbonyl (C=O) groups is 1. The number of thioether (sulfide) groups is 1. The quantitative estimate of drug-likeness (QED) is 0.484. The van der Waals surface area contributed by atoms with Gasteiger partial charge in [-0.1, -0.05) is 55.1 Å². The average Bonchev–Trinajstić information content (AvgIpc) is 2.71. The van der Waals surface area contributed by atoms with E-state index >= 15 is 0 Å². The average molecular weight is 396 g/mol. The van der Waals surface area contributed by atoms with Crippen molar-refractivity contribution in [3.8, 4) is 0 Å². The summed E-state index contributed by atoms with van der Waals surface area (Å²) in [6.07, 6.45) is 0.812. The maximum absolute atomic E-state index is 13.0. The molecule has 28 heavy (non-hydrogen) atoms. The number of rotatable bonds is 7. The topological polar surface area (TPSA) is 64.0 Å². The number of amides is 1. The Balaban J connectivity index is 1.77. The molecule has 1 amide bonds. The van der Waals surface area contributed by atoms with Crippen LogP contribution in [-0.2, 0) is 11.3 Å². The molecular formula is C22H25N3O2S. The molecule has 0 aliphatic heterocycles. The molecule has 0 aliphatic rings. The second-order valence-corrected chi connectivity index (χ2v) is 7.78. The zero-order valence-electron chi connectivity index (χ0n) is 16.4. The van der Waals surface area contributed by atoms with Gasteiger partial charge in [0.25, 0.3) is 5.56 Å². The van der Waals surface area contributed by atoms with Gasteiger partial charge in [-0.05, 0) is 43.5 Å². The van der Waals surface area contributed by atoms with Gasteiger partial charge in [0.15, 0.2) is 5.16 Å². The van der Waals surface area contributed by atoms with E-state index in [1.54, 1.807) is 10.6 Å². The van der Waals surface area contributed by atoms with Crippen molar-refractivity contribution < 1.29 is 4.79 Å². The van der Waals surface area contributed by atoms with Crippen LogP contribution in [0.5, 0.6) is 0 Å². The van der Waals surface area contributed by atoms with Crippen molar-refractivity contribution in [1.82, 2.24) is 14.9 Å². The predicted octanol–water partition coefficient (Wildman–Crippen LogP) is 4.08. The largest absolute Gasteiger partial charge is 0.351 e. The third-order valence-corrected chi connectivity index (χ3v) is 5.83. The highest BCUT2D eigenvalue weighted by atomic mass is 32.2. The third-order valence-electron chi connectivity index (χ3n) is 4.88. The van der Waals surface area contributed by atoms with Gasteiger partial charge in [-0.3, -0.25) is 14.2 Å². The van der Waals surface area contributed by atoms with Crippen LogP contribution in [0.4, 0.5) is 0 Å². The number of hydrogen-bond acceptors (Lipinski definition) is 4. The van der Waals surface area contributed by atoms with Gasteiger partial charge < -0.3 is 5.32 Å². The van der Waals surface area contributed by atoms with Crippen LogP contribution in [0.3, 0.4) is 0 Å². The summed E-state index contributed by atoms with van der Waals surface area (Å²) < 4.78 is 1.71. The predicted molar refractivity (Wildman–Crippen MR) is 115 cm³/mol. The van der Waals surface area contributed by atoms with Crippen molar-refractivity contribution in [3.63, 3.8) is 0 Å². The minimum absolute atomic E-state index is 0.0159. The summed E-state index contributed by atoms with van der Waals surface area (Å²) in [7, 11) is 0. The molecule has 2 aromatic carbocycles. The molecule has 1 heterocycles. The van der Waals surface area contributed by atoms with Crippen molar-refractivity contribution in [2.75, 3.05) is 5.75 Å². The molecule has 0 saturated carbocycles. The van der Waals surface area contributed by atoms with Crippen LogP contribution >= 0.6 is 11.8 Å². The maximum Gasteiger partial charge on any atom is 0.262 e. The summed E-state index contributed by atoms with van der Waals surface area (Å²) in [5.41, 5.74) is 2.86. The van der Waals surface area contributed by atoms with E-state index in [0.717, 1.165) is 17.5 Å². The monoisotopic (exact) mass is 395 g/mol. The van der Waals surface area contributed by atoms with E-state index in [0.29, 0.717) is 22.6 Å². The van der Waals surface area contributed by atoms with Crippen molar-refractivity contribution in [2.24, 2.45) is 0 Å². The van der Waals surface area contributed by atoms with Gasteiger partial charge in [0.05, 0.1) is 16.7 Å². The minimum atomic E-state index is -0.0774. The van der Waals surface area contributed by atoms with E-state index in [9.17, 15) is 9.59 Å². The first-order valence-electron chi connectivity index (χ1n) is 9.46. The highest BCUT2D eigenvalue weighted by Crippen LogP contribution is 2.22. The lowest BCUT2D eigenvalue weighted by Gasteiger charge is -2.18. The van der Waals surface area contributed by atoms with E-state index < -0.39 is 0 Å². The minimum Gasteiger partial charge on any atom is -0.351 e. The summed E-state index contributed by atoms with van der Waals surface area (Å²) in [4.78, 5) is 30.0. The summed E-state index contributed by atoms with van der Waals surface area (Å²) in [6, 6.07) is 15.3. The lowest BCUT2D eigenvalue weighted by Crippen LogP contribution is -2.28. The number of nitrogens with zero attached hydrogens (tertiary/aromatic N) is 2. The van der Waals surface area contributed by atoms with Crippen molar-refractivity contribution in [2.45, 2.75) is 44.9 Å². The Hall–Kier alpha value is -2.60. The Labute approximate surface area is 169 Å².